The lowest BCUT2D eigenvalue weighted by Gasteiger charge is -2.17. The van der Waals surface area contributed by atoms with Crippen molar-refractivity contribution in [3.8, 4) is 0 Å². The smallest absolute Gasteiger partial charge is 0.326 e. The third kappa shape index (κ3) is 4.28. The van der Waals surface area contributed by atoms with E-state index in [-0.39, 0.29) is 23.7 Å². The zero-order chi connectivity index (χ0) is 17.7. The summed E-state index contributed by atoms with van der Waals surface area (Å²) in [7, 11) is 0. The van der Waals surface area contributed by atoms with Gasteiger partial charge in [-0.1, -0.05) is 44.2 Å². The normalized spacial score (nSPS) is 12.0. The monoisotopic (exact) mass is 329 g/mol. The van der Waals surface area contributed by atoms with Gasteiger partial charge in [-0.2, -0.15) is 5.10 Å². The first-order chi connectivity index (χ1) is 11.4. The summed E-state index contributed by atoms with van der Waals surface area (Å²) < 4.78 is 1.18. The van der Waals surface area contributed by atoms with Crippen LogP contribution in [0.2, 0.25) is 0 Å². The highest BCUT2D eigenvalue weighted by atomic mass is 16.4. The molecule has 1 amide bonds. The van der Waals surface area contributed by atoms with Gasteiger partial charge in [0.15, 0.2) is 0 Å². The van der Waals surface area contributed by atoms with Crippen LogP contribution in [0.15, 0.2) is 47.3 Å². The van der Waals surface area contributed by atoms with Gasteiger partial charge in [-0.3, -0.25) is 9.59 Å². The van der Waals surface area contributed by atoms with Gasteiger partial charge in [0.1, 0.15) is 11.7 Å². The Balaban J connectivity index is 2.22. The molecule has 0 radical (unpaired) electrons. The number of carboxylic acids is 1. The molecule has 0 aliphatic carbocycles. The Hall–Kier alpha value is -2.96. The number of hydrogen-bond donors (Lipinski definition) is 2. The van der Waals surface area contributed by atoms with Gasteiger partial charge in [-0.25, -0.2) is 9.48 Å². The fraction of sp³-hybridized carbons (Fsp3) is 0.294. The number of aromatic nitrogens is 2. The number of carbonyl (C=O) groups excluding carboxylic acids is 1. The quantitative estimate of drug-likeness (QED) is 0.827. The number of amides is 1. The van der Waals surface area contributed by atoms with Crippen LogP contribution in [-0.4, -0.2) is 32.8 Å². The van der Waals surface area contributed by atoms with Crippen molar-refractivity contribution in [3.63, 3.8) is 0 Å². The molecule has 0 aliphatic rings. The molecule has 0 spiro atoms. The van der Waals surface area contributed by atoms with Gasteiger partial charge in [0.2, 0.25) is 0 Å². The number of carboxylic acid groups (broad SMARTS) is 1. The second-order valence-electron chi connectivity index (χ2n) is 5.73. The number of nitrogens with zero attached hydrogens (tertiary/aromatic N) is 2. The van der Waals surface area contributed by atoms with E-state index < -0.39 is 17.9 Å². The molecule has 0 saturated carbocycles. The largest absolute Gasteiger partial charge is 0.480 e. The van der Waals surface area contributed by atoms with Crippen molar-refractivity contribution in [2.45, 2.75) is 26.4 Å². The highest BCUT2D eigenvalue weighted by molar-refractivity contribution is 5.94. The lowest BCUT2D eigenvalue weighted by Crippen LogP contribution is -2.45. The molecule has 7 nitrogen and oxygen atoms in total. The third-order valence-electron chi connectivity index (χ3n) is 3.49. The van der Waals surface area contributed by atoms with E-state index in [0.29, 0.717) is 0 Å². The molecule has 24 heavy (non-hydrogen) atoms. The molecule has 0 saturated heterocycles. The van der Waals surface area contributed by atoms with E-state index in [4.69, 9.17) is 5.11 Å². The fourth-order valence-corrected chi connectivity index (χ4v) is 2.17. The van der Waals surface area contributed by atoms with Crippen LogP contribution in [0.1, 0.15) is 29.9 Å². The van der Waals surface area contributed by atoms with Crippen molar-refractivity contribution < 1.29 is 14.7 Å². The van der Waals surface area contributed by atoms with Crippen LogP contribution < -0.4 is 10.9 Å². The summed E-state index contributed by atoms with van der Waals surface area (Å²) in [4.78, 5) is 35.3. The first-order valence-electron chi connectivity index (χ1n) is 7.54. The van der Waals surface area contributed by atoms with E-state index in [2.05, 4.69) is 10.4 Å². The number of carbonyl (C=O) groups is 2. The molecule has 0 fully saturated rings. The Morgan fingerprint density at radius 2 is 1.83 bits per heavy atom. The lowest BCUT2D eigenvalue weighted by atomic mass is 10.0. The maximum atomic E-state index is 12.2. The highest BCUT2D eigenvalue weighted by Crippen LogP contribution is 2.04. The molecule has 2 aromatic rings. The minimum atomic E-state index is -1.11. The van der Waals surface area contributed by atoms with E-state index >= 15 is 0 Å². The van der Waals surface area contributed by atoms with Crippen LogP contribution in [0.3, 0.4) is 0 Å². The lowest BCUT2D eigenvalue weighted by molar-refractivity contribution is -0.140. The molecule has 126 valence electrons. The molecular weight excluding hydrogens is 310 g/mol. The average Bonchev–Trinajstić information content (AvgIpc) is 2.54. The summed E-state index contributed by atoms with van der Waals surface area (Å²) in [6.07, 6.45) is 0. The van der Waals surface area contributed by atoms with Crippen molar-refractivity contribution in [1.29, 1.82) is 0 Å². The van der Waals surface area contributed by atoms with Crippen LogP contribution >= 0.6 is 0 Å². The van der Waals surface area contributed by atoms with Gasteiger partial charge >= 0.3 is 5.97 Å². The Kier molecular flexibility index (Phi) is 5.47. The van der Waals surface area contributed by atoms with Gasteiger partial charge in [0.25, 0.3) is 11.5 Å². The van der Waals surface area contributed by atoms with Gasteiger partial charge in [-0.15, -0.1) is 0 Å². The van der Waals surface area contributed by atoms with Crippen LogP contribution in [0.25, 0.3) is 0 Å². The topological polar surface area (TPSA) is 101 Å². The van der Waals surface area contributed by atoms with Crippen molar-refractivity contribution in [1.82, 2.24) is 15.1 Å². The predicted octanol–water partition coefficient (Wildman–Crippen LogP) is 1.13. The highest BCUT2D eigenvalue weighted by Gasteiger charge is 2.24. The van der Waals surface area contributed by atoms with Crippen LogP contribution in [-0.2, 0) is 11.3 Å². The number of aliphatic carboxylic acids is 1. The fourth-order valence-electron chi connectivity index (χ4n) is 2.17. The van der Waals surface area contributed by atoms with E-state index in [1.807, 2.05) is 30.3 Å². The van der Waals surface area contributed by atoms with Crippen LogP contribution in [0.5, 0.6) is 0 Å². The molecule has 7 heteroatoms. The number of nitrogens with one attached hydrogen (secondary N) is 1. The van der Waals surface area contributed by atoms with E-state index in [1.165, 1.54) is 16.8 Å². The van der Waals surface area contributed by atoms with Crippen LogP contribution in [0.4, 0.5) is 0 Å². The Bertz CT molecular complexity index is 784. The Morgan fingerprint density at radius 3 is 2.42 bits per heavy atom. The molecule has 2 N–H and O–H groups in total. The maximum absolute atomic E-state index is 12.2. The molecule has 1 heterocycles. The van der Waals surface area contributed by atoms with Gasteiger partial charge in [-0.05, 0) is 17.5 Å². The maximum Gasteiger partial charge on any atom is 0.326 e. The SMILES string of the molecule is CC(C)[C@@H](NC(=O)c1ccc(=O)n(Cc2ccccc2)n1)C(=O)O. The molecule has 0 bridgehead atoms. The molecule has 0 aliphatic heterocycles. The van der Waals surface area contributed by atoms with Gasteiger partial charge in [0.05, 0.1) is 6.54 Å². The summed E-state index contributed by atoms with van der Waals surface area (Å²) in [6.45, 7) is 3.62. The molecule has 0 unspecified atom stereocenters. The number of benzene rings is 1. The molecular formula is C17H19N3O4. The average molecular weight is 329 g/mol. The standard InChI is InChI=1S/C17H19N3O4/c1-11(2)15(17(23)24)18-16(22)13-8-9-14(21)20(19-13)10-12-6-4-3-5-7-12/h3-9,11,15H,10H2,1-2H3,(H,18,22)(H,23,24)/t15-/m1/s1. The van der Waals surface area contributed by atoms with Crippen LogP contribution in [0, 0.1) is 5.92 Å². The summed E-state index contributed by atoms with van der Waals surface area (Å²) in [5, 5.41) is 15.6. The summed E-state index contributed by atoms with van der Waals surface area (Å²) in [6, 6.07) is 10.8. The van der Waals surface area contributed by atoms with Crippen molar-refractivity contribution >= 4 is 11.9 Å². The van der Waals surface area contributed by atoms with Gasteiger partial charge in [0, 0.05) is 6.07 Å². The van der Waals surface area contributed by atoms with E-state index in [0.717, 1.165) is 5.56 Å². The third-order valence-corrected chi connectivity index (χ3v) is 3.49. The van der Waals surface area contributed by atoms with E-state index in [1.54, 1.807) is 13.8 Å². The second-order valence-corrected chi connectivity index (χ2v) is 5.73. The Morgan fingerprint density at radius 1 is 1.17 bits per heavy atom. The Labute approximate surface area is 138 Å². The minimum Gasteiger partial charge on any atom is -0.480 e. The summed E-state index contributed by atoms with van der Waals surface area (Å²) >= 11 is 0. The first kappa shape index (κ1) is 17.4. The zero-order valence-corrected chi connectivity index (χ0v) is 13.5. The van der Waals surface area contributed by atoms with Gasteiger partial charge < -0.3 is 10.4 Å². The number of rotatable bonds is 6. The molecule has 1 aromatic heterocycles. The molecule has 1 atom stereocenters. The number of hydrogen-bond acceptors (Lipinski definition) is 4. The summed E-state index contributed by atoms with van der Waals surface area (Å²) in [5.41, 5.74) is 0.529. The first-order valence-corrected chi connectivity index (χ1v) is 7.54. The molecule has 2 rings (SSSR count). The predicted molar refractivity (Wildman–Crippen MR) is 87.8 cm³/mol. The van der Waals surface area contributed by atoms with Crippen molar-refractivity contribution in [3.05, 3.63) is 64.1 Å². The van der Waals surface area contributed by atoms with E-state index in [9.17, 15) is 14.4 Å². The second kappa shape index (κ2) is 7.54. The minimum absolute atomic E-state index is 0.00238. The van der Waals surface area contributed by atoms with Crippen molar-refractivity contribution in [2.75, 3.05) is 0 Å². The van der Waals surface area contributed by atoms with Crippen molar-refractivity contribution in [2.24, 2.45) is 5.92 Å². The zero-order valence-electron chi connectivity index (χ0n) is 13.5. The molecule has 1 aromatic carbocycles. The summed E-state index contributed by atoms with van der Waals surface area (Å²) in [5.74, 6) is -2.02.